The van der Waals surface area contributed by atoms with E-state index in [2.05, 4.69) is 21.2 Å². The van der Waals surface area contributed by atoms with Crippen LogP contribution in [0.15, 0.2) is 53.0 Å². The van der Waals surface area contributed by atoms with Gasteiger partial charge in [-0.1, -0.05) is 34.1 Å². The van der Waals surface area contributed by atoms with E-state index in [1.807, 2.05) is 29.2 Å². The van der Waals surface area contributed by atoms with Crippen LogP contribution in [0.4, 0.5) is 4.39 Å². The summed E-state index contributed by atoms with van der Waals surface area (Å²) in [4.78, 5) is 26.5. The summed E-state index contributed by atoms with van der Waals surface area (Å²) in [7, 11) is 0. The van der Waals surface area contributed by atoms with Crippen LogP contribution in [0, 0.1) is 5.82 Å². The highest BCUT2D eigenvalue weighted by Crippen LogP contribution is 2.17. The lowest BCUT2D eigenvalue weighted by Crippen LogP contribution is -2.46. The van der Waals surface area contributed by atoms with Gasteiger partial charge in [0.2, 0.25) is 5.91 Å². The van der Waals surface area contributed by atoms with Gasteiger partial charge in [-0.25, -0.2) is 4.39 Å². The summed E-state index contributed by atoms with van der Waals surface area (Å²) in [5.41, 5.74) is 1.45. The van der Waals surface area contributed by atoms with Gasteiger partial charge in [0.25, 0.3) is 5.91 Å². The Kier molecular flexibility index (Phi) is 6.04. The third-order valence-corrected chi connectivity index (χ3v) is 4.99. The van der Waals surface area contributed by atoms with Crippen molar-refractivity contribution in [3.05, 3.63) is 69.9 Å². The molecule has 4 nitrogen and oxygen atoms in total. The molecule has 0 radical (unpaired) electrons. The third kappa shape index (κ3) is 4.91. The standard InChI is InChI=1S/C20H20BrFN2O2/c21-16-3-1-2-15(13-16)20(26)24-10-8-18(9-11-24)23-19(25)12-14-4-6-17(22)7-5-14/h1-7,13,18H,8-12H2,(H,23,25). The van der Waals surface area contributed by atoms with E-state index in [1.165, 1.54) is 12.1 Å². The van der Waals surface area contributed by atoms with Crippen molar-refractivity contribution in [3.63, 3.8) is 0 Å². The maximum absolute atomic E-state index is 12.9. The number of amides is 2. The zero-order chi connectivity index (χ0) is 18.5. The number of nitrogens with zero attached hydrogens (tertiary/aromatic N) is 1. The number of benzene rings is 2. The monoisotopic (exact) mass is 418 g/mol. The van der Waals surface area contributed by atoms with Crippen LogP contribution in [0.25, 0.3) is 0 Å². The topological polar surface area (TPSA) is 49.4 Å². The van der Waals surface area contributed by atoms with Crippen LogP contribution < -0.4 is 5.32 Å². The minimum Gasteiger partial charge on any atom is -0.353 e. The number of carbonyl (C=O) groups excluding carboxylic acids is 2. The van der Waals surface area contributed by atoms with Crippen LogP contribution in [0.3, 0.4) is 0 Å². The number of rotatable bonds is 4. The van der Waals surface area contributed by atoms with Crippen molar-refractivity contribution in [2.45, 2.75) is 25.3 Å². The summed E-state index contributed by atoms with van der Waals surface area (Å²) in [6, 6.07) is 13.4. The normalized spacial score (nSPS) is 14.9. The minimum atomic E-state index is -0.309. The molecule has 1 aliphatic rings. The Hall–Kier alpha value is -2.21. The molecule has 0 unspecified atom stereocenters. The Bertz CT molecular complexity index is 787. The molecule has 26 heavy (non-hydrogen) atoms. The zero-order valence-electron chi connectivity index (χ0n) is 14.3. The van der Waals surface area contributed by atoms with Gasteiger partial charge in [0, 0.05) is 29.2 Å². The second-order valence-electron chi connectivity index (χ2n) is 6.45. The van der Waals surface area contributed by atoms with Gasteiger partial charge < -0.3 is 10.2 Å². The summed E-state index contributed by atoms with van der Waals surface area (Å²) in [6.07, 6.45) is 1.70. The molecular formula is C20H20BrFN2O2. The molecule has 0 aromatic heterocycles. The van der Waals surface area contributed by atoms with E-state index in [0.717, 1.165) is 22.9 Å². The van der Waals surface area contributed by atoms with Crippen LogP contribution in [0.5, 0.6) is 0 Å². The maximum atomic E-state index is 12.9. The molecule has 6 heteroatoms. The first kappa shape index (κ1) is 18.6. The Morgan fingerprint density at radius 1 is 1.12 bits per heavy atom. The lowest BCUT2D eigenvalue weighted by molar-refractivity contribution is -0.121. The predicted molar refractivity (Wildman–Crippen MR) is 101 cm³/mol. The van der Waals surface area contributed by atoms with Crippen LogP contribution in [0.2, 0.25) is 0 Å². The van der Waals surface area contributed by atoms with Crippen LogP contribution in [-0.2, 0) is 11.2 Å². The summed E-state index contributed by atoms with van der Waals surface area (Å²) in [5, 5.41) is 3.01. The fourth-order valence-corrected chi connectivity index (χ4v) is 3.50. The molecule has 0 bridgehead atoms. The Balaban J connectivity index is 1.48. The van der Waals surface area contributed by atoms with Crippen molar-refractivity contribution in [2.75, 3.05) is 13.1 Å². The van der Waals surface area contributed by atoms with Gasteiger partial charge in [-0.05, 0) is 48.7 Å². The first-order chi connectivity index (χ1) is 12.5. The average molecular weight is 419 g/mol. The summed E-state index contributed by atoms with van der Waals surface area (Å²) in [6.45, 7) is 1.24. The molecule has 1 saturated heterocycles. The van der Waals surface area contributed by atoms with Gasteiger partial charge >= 0.3 is 0 Å². The van der Waals surface area contributed by atoms with E-state index in [4.69, 9.17) is 0 Å². The van der Waals surface area contributed by atoms with E-state index in [-0.39, 0.29) is 30.1 Å². The fourth-order valence-electron chi connectivity index (χ4n) is 3.10. The molecular weight excluding hydrogens is 399 g/mol. The van der Waals surface area contributed by atoms with Crippen LogP contribution in [0.1, 0.15) is 28.8 Å². The summed E-state index contributed by atoms with van der Waals surface area (Å²) < 4.78 is 13.8. The quantitative estimate of drug-likeness (QED) is 0.824. The van der Waals surface area contributed by atoms with Gasteiger partial charge in [0.1, 0.15) is 5.82 Å². The third-order valence-electron chi connectivity index (χ3n) is 4.50. The number of hydrogen-bond donors (Lipinski definition) is 1. The van der Waals surface area contributed by atoms with E-state index >= 15 is 0 Å². The number of halogens is 2. The number of hydrogen-bond acceptors (Lipinski definition) is 2. The van der Waals surface area contributed by atoms with Gasteiger partial charge in [-0.2, -0.15) is 0 Å². The molecule has 2 amide bonds. The molecule has 1 heterocycles. The van der Waals surface area contributed by atoms with Crippen molar-refractivity contribution in [1.29, 1.82) is 0 Å². The van der Waals surface area contributed by atoms with Crippen molar-refractivity contribution < 1.29 is 14.0 Å². The van der Waals surface area contributed by atoms with Crippen molar-refractivity contribution in [2.24, 2.45) is 0 Å². The predicted octanol–water partition coefficient (Wildman–Crippen LogP) is 3.55. The number of likely N-dealkylation sites (tertiary alicyclic amines) is 1. The minimum absolute atomic E-state index is 0.0161. The second-order valence-corrected chi connectivity index (χ2v) is 7.36. The molecule has 0 saturated carbocycles. The molecule has 0 atom stereocenters. The molecule has 0 spiro atoms. The first-order valence-electron chi connectivity index (χ1n) is 8.60. The van der Waals surface area contributed by atoms with E-state index in [9.17, 15) is 14.0 Å². The number of carbonyl (C=O) groups is 2. The van der Waals surface area contributed by atoms with E-state index in [1.54, 1.807) is 12.1 Å². The van der Waals surface area contributed by atoms with E-state index < -0.39 is 0 Å². The molecule has 1 aliphatic heterocycles. The van der Waals surface area contributed by atoms with Crippen LogP contribution >= 0.6 is 15.9 Å². The van der Waals surface area contributed by atoms with Gasteiger partial charge in [-0.15, -0.1) is 0 Å². The van der Waals surface area contributed by atoms with Crippen molar-refractivity contribution in [1.82, 2.24) is 10.2 Å². The van der Waals surface area contributed by atoms with Crippen molar-refractivity contribution in [3.8, 4) is 0 Å². The first-order valence-corrected chi connectivity index (χ1v) is 9.39. The SMILES string of the molecule is O=C(Cc1ccc(F)cc1)NC1CCN(C(=O)c2cccc(Br)c2)CC1. The highest BCUT2D eigenvalue weighted by molar-refractivity contribution is 9.10. The lowest BCUT2D eigenvalue weighted by atomic mass is 10.0. The molecule has 1 fully saturated rings. The van der Waals surface area contributed by atoms with Gasteiger partial charge in [0.15, 0.2) is 0 Å². The average Bonchev–Trinajstić information content (AvgIpc) is 2.64. The highest BCUT2D eigenvalue weighted by atomic mass is 79.9. The van der Waals surface area contributed by atoms with Crippen LogP contribution in [-0.4, -0.2) is 35.8 Å². The smallest absolute Gasteiger partial charge is 0.253 e. The summed E-state index contributed by atoms with van der Waals surface area (Å²) in [5.74, 6) is -0.368. The maximum Gasteiger partial charge on any atom is 0.253 e. The summed E-state index contributed by atoms with van der Waals surface area (Å²) >= 11 is 3.38. The zero-order valence-corrected chi connectivity index (χ0v) is 15.8. The molecule has 2 aromatic rings. The second kappa shape index (κ2) is 8.45. The molecule has 2 aromatic carbocycles. The van der Waals surface area contributed by atoms with Crippen molar-refractivity contribution >= 4 is 27.7 Å². The molecule has 1 N–H and O–H groups in total. The fraction of sp³-hybridized carbons (Fsp3) is 0.300. The molecule has 3 rings (SSSR count). The largest absolute Gasteiger partial charge is 0.353 e. The number of piperidine rings is 1. The number of nitrogens with one attached hydrogen (secondary N) is 1. The Morgan fingerprint density at radius 2 is 1.81 bits per heavy atom. The lowest BCUT2D eigenvalue weighted by Gasteiger charge is -2.32. The highest BCUT2D eigenvalue weighted by Gasteiger charge is 2.24. The van der Waals surface area contributed by atoms with Gasteiger partial charge in [0.05, 0.1) is 6.42 Å². The van der Waals surface area contributed by atoms with E-state index in [0.29, 0.717) is 18.7 Å². The Morgan fingerprint density at radius 3 is 2.46 bits per heavy atom. The van der Waals surface area contributed by atoms with Gasteiger partial charge in [-0.3, -0.25) is 9.59 Å². The Labute approximate surface area is 160 Å². The molecule has 0 aliphatic carbocycles. The molecule has 136 valence electrons.